The van der Waals surface area contributed by atoms with Gasteiger partial charge in [0, 0.05) is 23.9 Å². The van der Waals surface area contributed by atoms with Crippen LogP contribution in [0.3, 0.4) is 0 Å². The fourth-order valence-electron chi connectivity index (χ4n) is 2.89. The van der Waals surface area contributed by atoms with Crippen LogP contribution < -0.4 is 5.73 Å². The van der Waals surface area contributed by atoms with Crippen molar-refractivity contribution in [3.8, 4) is 34.5 Å². The van der Waals surface area contributed by atoms with Crippen molar-refractivity contribution in [1.82, 2.24) is 14.8 Å². The maximum Gasteiger partial charge on any atom is 0.142 e. The molecule has 0 bridgehead atoms. The van der Waals surface area contributed by atoms with E-state index in [-0.39, 0.29) is 5.82 Å². The van der Waals surface area contributed by atoms with Gasteiger partial charge in [-0.05, 0) is 37.1 Å². The van der Waals surface area contributed by atoms with Crippen molar-refractivity contribution in [2.24, 2.45) is 0 Å². The number of aryl methyl sites for hydroxylation is 2. The first-order valence-corrected chi connectivity index (χ1v) is 8.33. The highest BCUT2D eigenvalue weighted by molar-refractivity contribution is 5.80. The highest BCUT2D eigenvalue weighted by atomic mass is 15.3. The molecule has 2 N–H and O–H groups in total. The van der Waals surface area contributed by atoms with Crippen molar-refractivity contribution < 1.29 is 0 Å². The molecule has 0 aliphatic rings. The van der Waals surface area contributed by atoms with E-state index in [4.69, 9.17) is 11.0 Å². The average Bonchev–Trinajstić information content (AvgIpc) is 3.02. The Bertz CT molecular complexity index is 1030. The first kappa shape index (κ1) is 17.2. The van der Waals surface area contributed by atoms with Crippen LogP contribution in [0, 0.1) is 29.6 Å². The van der Waals surface area contributed by atoms with E-state index in [0.717, 1.165) is 29.8 Å². The molecule has 0 unspecified atom stereocenters. The molecular formula is C20H18N6. The summed E-state index contributed by atoms with van der Waals surface area (Å²) in [6.45, 7) is 4.85. The molecule has 0 spiro atoms. The third-order valence-corrected chi connectivity index (χ3v) is 4.16. The number of pyridine rings is 1. The molecule has 2 aromatic heterocycles. The Balaban J connectivity index is 2.16. The molecule has 26 heavy (non-hydrogen) atoms. The fourth-order valence-corrected chi connectivity index (χ4v) is 2.89. The predicted molar refractivity (Wildman–Crippen MR) is 99.8 cm³/mol. The van der Waals surface area contributed by atoms with E-state index in [1.165, 1.54) is 0 Å². The minimum atomic E-state index is 0.187. The highest BCUT2D eigenvalue weighted by Crippen LogP contribution is 2.32. The smallest absolute Gasteiger partial charge is 0.142 e. The van der Waals surface area contributed by atoms with Gasteiger partial charge in [0.1, 0.15) is 17.5 Å². The van der Waals surface area contributed by atoms with E-state index in [0.29, 0.717) is 22.4 Å². The van der Waals surface area contributed by atoms with Crippen molar-refractivity contribution in [2.45, 2.75) is 26.8 Å². The van der Waals surface area contributed by atoms with Gasteiger partial charge in [-0.15, -0.1) is 0 Å². The fraction of sp³-hybridized carbons (Fsp3) is 0.200. The minimum absolute atomic E-state index is 0.187. The lowest BCUT2D eigenvalue weighted by molar-refractivity contribution is 0.598. The summed E-state index contributed by atoms with van der Waals surface area (Å²) >= 11 is 0. The Morgan fingerprint density at radius 3 is 2.46 bits per heavy atom. The van der Waals surface area contributed by atoms with Crippen LogP contribution in [0.4, 0.5) is 5.82 Å². The van der Waals surface area contributed by atoms with Crippen LogP contribution in [0.5, 0.6) is 0 Å². The minimum Gasteiger partial charge on any atom is -0.383 e. The lowest BCUT2D eigenvalue weighted by Crippen LogP contribution is -2.00. The zero-order valence-corrected chi connectivity index (χ0v) is 14.7. The normalized spacial score (nSPS) is 10.3. The number of nitrogens with two attached hydrogens (primary N) is 1. The van der Waals surface area contributed by atoms with Gasteiger partial charge in [0.2, 0.25) is 0 Å². The van der Waals surface area contributed by atoms with E-state index >= 15 is 0 Å². The van der Waals surface area contributed by atoms with Crippen LogP contribution in [0.1, 0.15) is 30.2 Å². The molecule has 0 saturated carbocycles. The van der Waals surface area contributed by atoms with Gasteiger partial charge >= 0.3 is 0 Å². The second-order valence-corrected chi connectivity index (χ2v) is 6.01. The average molecular weight is 342 g/mol. The number of aromatic nitrogens is 3. The lowest BCUT2D eigenvalue weighted by atomic mass is 9.98. The van der Waals surface area contributed by atoms with Gasteiger partial charge in [0.15, 0.2) is 0 Å². The molecule has 0 amide bonds. The van der Waals surface area contributed by atoms with Crippen molar-refractivity contribution in [3.05, 3.63) is 53.3 Å². The predicted octanol–water partition coefficient (Wildman–Crippen LogP) is 3.66. The molecule has 3 aromatic rings. The van der Waals surface area contributed by atoms with E-state index in [9.17, 15) is 5.26 Å². The van der Waals surface area contributed by atoms with Gasteiger partial charge in [-0.1, -0.05) is 19.1 Å². The molecule has 128 valence electrons. The summed E-state index contributed by atoms with van der Waals surface area (Å²) in [5.74, 6) is 0.187. The van der Waals surface area contributed by atoms with E-state index in [2.05, 4.69) is 29.1 Å². The van der Waals surface area contributed by atoms with Gasteiger partial charge in [0.25, 0.3) is 0 Å². The summed E-state index contributed by atoms with van der Waals surface area (Å²) in [4.78, 5) is 4.42. The molecule has 0 aliphatic carbocycles. The van der Waals surface area contributed by atoms with Crippen LogP contribution in [-0.2, 0) is 6.54 Å². The number of benzene rings is 1. The maximum atomic E-state index is 9.51. The highest BCUT2D eigenvalue weighted by Gasteiger charge is 2.16. The summed E-state index contributed by atoms with van der Waals surface area (Å²) in [6.07, 6.45) is 2.94. The molecule has 0 aliphatic heterocycles. The summed E-state index contributed by atoms with van der Waals surface area (Å²) in [7, 11) is 0. The number of anilines is 1. The number of hydrogen-bond acceptors (Lipinski definition) is 5. The van der Waals surface area contributed by atoms with Gasteiger partial charge in [0.05, 0.1) is 23.0 Å². The molecule has 0 fully saturated rings. The molecule has 6 nitrogen and oxygen atoms in total. The second kappa shape index (κ2) is 7.08. The third kappa shape index (κ3) is 3.13. The van der Waals surface area contributed by atoms with Gasteiger partial charge in [-0.25, -0.2) is 4.98 Å². The monoisotopic (exact) mass is 342 g/mol. The molecule has 3 rings (SSSR count). The maximum absolute atomic E-state index is 9.51. The Morgan fingerprint density at radius 1 is 1.12 bits per heavy atom. The quantitative estimate of drug-likeness (QED) is 0.779. The van der Waals surface area contributed by atoms with Gasteiger partial charge < -0.3 is 5.73 Å². The summed E-state index contributed by atoms with van der Waals surface area (Å²) in [5, 5.41) is 23.0. The molecule has 0 radical (unpaired) electrons. The van der Waals surface area contributed by atoms with Gasteiger partial charge in [-0.2, -0.15) is 15.6 Å². The van der Waals surface area contributed by atoms with E-state index in [1.54, 1.807) is 12.1 Å². The standard InChI is InChI=1S/C20H18N6/c1-3-8-26-12-18(13(2)25-26)19-9-16(17(11-22)20(23)24-19)15-6-4-14(10-21)5-7-15/h4-7,9,12H,3,8H2,1-2H3,(H2,23,24). The third-order valence-electron chi connectivity index (χ3n) is 4.16. The molecule has 0 saturated heterocycles. The number of hydrogen-bond donors (Lipinski definition) is 1. The molecule has 2 heterocycles. The number of nitrogen functional groups attached to an aromatic ring is 1. The second-order valence-electron chi connectivity index (χ2n) is 6.01. The van der Waals surface area contributed by atoms with Crippen molar-refractivity contribution in [2.75, 3.05) is 5.73 Å². The van der Waals surface area contributed by atoms with Crippen LogP contribution in [0.25, 0.3) is 22.4 Å². The summed E-state index contributed by atoms with van der Waals surface area (Å²) in [5.41, 5.74) is 10.9. The largest absolute Gasteiger partial charge is 0.383 e. The number of nitriles is 2. The Morgan fingerprint density at radius 2 is 1.85 bits per heavy atom. The van der Waals surface area contributed by atoms with Crippen molar-refractivity contribution in [3.63, 3.8) is 0 Å². The number of rotatable bonds is 4. The van der Waals surface area contributed by atoms with Crippen LogP contribution in [-0.4, -0.2) is 14.8 Å². The van der Waals surface area contributed by atoms with Crippen LogP contribution >= 0.6 is 0 Å². The van der Waals surface area contributed by atoms with Crippen molar-refractivity contribution >= 4 is 5.82 Å². The lowest BCUT2D eigenvalue weighted by Gasteiger charge is -2.10. The Hall–Kier alpha value is -3.64. The SMILES string of the molecule is CCCn1cc(-c2cc(-c3ccc(C#N)cc3)c(C#N)c(N)n2)c(C)n1. The molecule has 6 heteroatoms. The molecule has 1 aromatic carbocycles. The summed E-state index contributed by atoms with van der Waals surface area (Å²) in [6, 6.07) is 13.1. The molecule has 0 atom stereocenters. The Labute approximate surface area is 152 Å². The van der Waals surface area contributed by atoms with E-state index < -0.39 is 0 Å². The van der Waals surface area contributed by atoms with Crippen molar-refractivity contribution in [1.29, 1.82) is 10.5 Å². The van der Waals surface area contributed by atoms with Crippen LogP contribution in [0.15, 0.2) is 36.5 Å². The van der Waals surface area contributed by atoms with E-state index in [1.807, 2.05) is 36.0 Å². The zero-order chi connectivity index (χ0) is 18.7. The number of nitrogens with zero attached hydrogens (tertiary/aromatic N) is 5. The first-order valence-electron chi connectivity index (χ1n) is 8.33. The Kier molecular flexibility index (Phi) is 4.68. The molecular weight excluding hydrogens is 324 g/mol. The first-order chi connectivity index (χ1) is 12.6. The topological polar surface area (TPSA) is 104 Å². The zero-order valence-electron chi connectivity index (χ0n) is 14.7. The van der Waals surface area contributed by atoms with Crippen LogP contribution in [0.2, 0.25) is 0 Å². The summed E-state index contributed by atoms with van der Waals surface area (Å²) < 4.78 is 1.89. The van der Waals surface area contributed by atoms with Gasteiger partial charge in [-0.3, -0.25) is 4.68 Å².